The summed E-state index contributed by atoms with van der Waals surface area (Å²) in [6.07, 6.45) is 4.79. The van der Waals surface area contributed by atoms with Crippen LogP contribution >= 0.6 is 11.3 Å². The third-order valence-electron chi connectivity index (χ3n) is 4.40. The molecule has 0 spiro atoms. The highest BCUT2D eigenvalue weighted by Gasteiger charge is 2.25. The Kier molecular flexibility index (Phi) is 6.05. The van der Waals surface area contributed by atoms with Crippen LogP contribution in [0.3, 0.4) is 0 Å². The summed E-state index contributed by atoms with van der Waals surface area (Å²) >= 11 is 1.81. The lowest BCUT2D eigenvalue weighted by molar-refractivity contribution is 0.121. The highest BCUT2D eigenvalue weighted by Crippen LogP contribution is 2.32. The third-order valence-corrected chi connectivity index (χ3v) is 5.10. The molecule has 1 aliphatic heterocycles. The number of ether oxygens (including phenoxy) is 1. The van der Waals surface area contributed by atoms with Gasteiger partial charge in [0, 0.05) is 19.2 Å². The van der Waals surface area contributed by atoms with E-state index in [1.807, 2.05) is 11.3 Å². The zero-order valence-corrected chi connectivity index (χ0v) is 13.9. The van der Waals surface area contributed by atoms with E-state index < -0.39 is 0 Å². The average molecular weight is 315 g/mol. The highest BCUT2D eigenvalue weighted by molar-refractivity contribution is 7.07. The Labute approximate surface area is 137 Å². The second kappa shape index (κ2) is 8.47. The Hall–Kier alpha value is -1.16. The Balaban J connectivity index is 1.31. The maximum absolute atomic E-state index is 5.80. The molecule has 1 saturated heterocycles. The summed E-state index contributed by atoms with van der Waals surface area (Å²) in [5, 5.41) is 4.50. The maximum Gasteiger partial charge on any atom is 0.0506 e. The van der Waals surface area contributed by atoms with Gasteiger partial charge < -0.3 is 4.74 Å². The van der Waals surface area contributed by atoms with Gasteiger partial charge in [-0.15, -0.1) is 0 Å². The molecule has 2 heterocycles. The molecule has 1 aliphatic rings. The standard InChI is InChI=1S/C19H25NOS/c1-2-6-17(7-3-1)9-14-21-13-5-12-20-11-4-8-19(20)18-10-15-22-16-18/h1-3,6-7,10,15-16,19H,4-5,8-9,11-14H2. The first-order chi connectivity index (χ1) is 10.9. The fraction of sp³-hybridized carbons (Fsp3) is 0.474. The molecule has 2 aromatic rings. The Morgan fingerprint density at radius 2 is 2.05 bits per heavy atom. The molecule has 0 radical (unpaired) electrons. The smallest absolute Gasteiger partial charge is 0.0506 e. The number of benzene rings is 1. The van der Waals surface area contributed by atoms with Crippen molar-refractivity contribution in [1.29, 1.82) is 0 Å². The first-order valence-electron chi connectivity index (χ1n) is 8.31. The number of rotatable bonds is 8. The number of nitrogens with zero attached hydrogens (tertiary/aromatic N) is 1. The van der Waals surface area contributed by atoms with Gasteiger partial charge in [0.25, 0.3) is 0 Å². The molecule has 1 fully saturated rings. The highest BCUT2D eigenvalue weighted by atomic mass is 32.1. The molecule has 3 heteroatoms. The normalized spacial score (nSPS) is 18.8. The van der Waals surface area contributed by atoms with E-state index in [0.717, 1.165) is 32.6 Å². The first kappa shape index (κ1) is 15.7. The van der Waals surface area contributed by atoms with Gasteiger partial charge in [0.1, 0.15) is 0 Å². The van der Waals surface area contributed by atoms with Crippen molar-refractivity contribution in [3.05, 3.63) is 58.3 Å². The molecule has 3 rings (SSSR count). The van der Waals surface area contributed by atoms with E-state index in [0.29, 0.717) is 6.04 Å². The summed E-state index contributed by atoms with van der Waals surface area (Å²) < 4.78 is 5.80. The second-order valence-electron chi connectivity index (χ2n) is 5.95. The van der Waals surface area contributed by atoms with E-state index in [4.69, 9.17) is 4.74 Å². The molecule has 0 bridgehead atoms. The molecule has 1 unspecified atom stereocenters. The predicted octanol–water partition coefficient (Wildman–Crippen LogP) is 4.53. The van der Waals surface area contributed by atoms with Gasteiger partial charge in [-0.25, -0.2) is 0 Å². The summed E-state index contributed by atoms with van der Waals surface area (Å²) in [7, 11) is 0. The molecule has 0 amide bonds. The van der Waals surface area contributed by atoms with E-state index in [1.165, 1.54) is 30.5 Å². The van der Waals surface area contributed by atoms with Crippen LogP contribution < -0.4 is 0 Å². The Morgan fingerprint density at radius 1 is 1.14 bits per heavy atom. The lowest BCUT2D eigenvalue weighted by Crippen LogP contribution is -2.25. The van der Waals surface area contributed by atoms with Crippen LogP contribution in [0.25, 0.3) is 0 Å². The number of likely N-dealkylation sites (tertiary alicyclic amines) is 1. The number of hydrogen-bond donors (Lipinski definition) is 0. The van der Waals surface area contributed by atoms with E-state index in [1.54, 1.807) is 0 Å². The van der Waals surface area contributed by atoms with Crippen molar-refractivity contribution in [1.82, 2.24) is 4.90 Å². The van der Waals surface area contributed by atoms with Gasteiger partial charge in [0.05, 0.1) is 6.61 Å². The van der Waals surface area contributed by atoms with E-state index in [-0.39, 0.29) is 0 Å². The molecule has 1 aromatic carbocycles. The van der Waals surface area contributed by atoms with Gasteiger partial charge in [-0.1, -0.05) is 30.3 Å². The molecular formula is C19H25NOS. The fourth-order valence-electron chi connectivity index (χ4n) is 3.24. The van der Waals surface area contributed by atoms with E-state index in [9.17, 15) is 0 Å². The monoisotopic (exact) mass is 315 g/mol. The summed E-state index contributed by atoms with van der Waals surface area (Å²) in [5.74, 6) is 0. The van der Waals surface area contributed by atoms with Crippen LogP contribution in [0, 0.1) is 0 Å². The van der Waals surface area contributed by atoms with E-state index in [2.05, 4.69) is 52.1 Å². The quantitative estimate of drug-likeness (QED) is 0.663. The zero-order chi connectivity index (χ0) is 15.0. The van der Waals surface area contributed by atoms with Crippen LogP contribution in [0.4, 0.5) is 0 Å². The summed E-state index contributed by atoms with van der Waals surface area (Å²) in [6, 6.07) is 13.5. The molecule has 1 aromatic heterocycles. The van der Waals surface area contributed by atoms with Crippen LogP contribution in [-0.4, -0.2) is 31.2 Å². The van der Waals surface area contributed by atoms with Gasteiger partial charge in [-0.3, -0.25) is 4.90 Å². The Bertz CT molecular complexity index is 526. The van der Waals surface area contributed by atoms with Crippen molar-refractivity contribution < 1.29 is 4.74 Å². The minimum absolute atomic E-state index is 0.649. The molecule has 22 heavy (non-hydrogen) atoms. The zero-order valence-electron chi connectivity index (χ0n) is 13.1. The molecule has 0 N–H and O–H groups in total. The second-order valence-corrected chi connectivity index (χ2v) is 6.73. The van der Waals surface area contributed by atoms with Crippen LogP contribution in [0.1, 0.15) is 36.4 Å². The fourth-order valence-corrected chi connectivity index (χ4v) is 3.95. The summed E-state index contributed by atoms with van der Waals surface area (Å²) in [4.78, 5) is 2.63. The number of hydrogen-bond acceptors (Lipinski definition) is 3. The number of thiophene rings is 1. The van der Waals surface area contributed by atoms with Crippen molar-refractivity contribution >= 4 is 11.3 Å². The van der Waals surface area contributed by atoms with Crippen LogP contribution in [0.2, 0.25) is 0 Å². The minimum atomic E-state index is 0.649. The maximum atomic E-state index is 5.80. The largest absolute Gasteiger partial charge is 0.381 e. The third kappa shape index (κ3) is 4.42. The average Bonchev–Trinajstić information content (AvgIpc) is 3.22. The molecule has 118 valence electrons. The molecule has 1 atom stereocenters. The van der Waals surface area contributed by atoms with Gasteiger partial charge in [0.2, 0.25) is 0 Å². The van der Waals surface area contributed by atoms with Crippen LogP contribution in [0.5, 0.6) is 0 Å². The van der Waals surface area contributed by atoms with Gasteiger partial charge in [0.15, 0.2) is 0 Å². The SMILES string of the molecule is c1ccc(CCOCCCN2CCCC2c2ccsc2)cc1. The Morgan fingerprint density at radius 3 is 2.86 bits per heavy atom. The molecule has 0 saturated carbocycles. The van der Waals surface area contributed by atoms with Crippen LogP contribution in [0.15, 0.2) is 47.2 Å². The molecule has 0 aliphatic carbocycles. The van der Waals surface area contributed by atoms with Gasteiger partial charge in [-0.2, -0.15) is 11.3 Å². The molecular weight excluding hydrogens is 290 g/mol. The van der Waals surface area contributed by atoms with Crippen molar-refractivity contribution in [2.24, 2.45) is 0 Å². The topological polar surface area (TPSA) is 12.5 Å². The molecule has 2 nitrogen and oxygen atoms in total. The van der Waals surface area contributed by atoms with Gasteiger partial charge in [-0.05, 0) is 60.2 Å². The lowest BCUT2D eigenvalue weighted by Gasteiger charge is -2.23. The van der Waals surface area contributed by atoms with Crippen LogP contribution in [-0.2, 0) is 11.2 Å². The van der Waals surface area contributed by atoms with Crippen molar-refractivity contribution in [2.45, 2.75) is 31.7 Å². The lowest BCUT2D eigenvalue weighted by atomic mass is 10.1. The first-order valence-corrected chi connectivity index (χ1v) is 9.25. The van der Waals surface area contributed by atoms with Crippen molar-refractivity contribution in [3.8, 4) is 0 Å². The van der Waals surface area contributed by atoms with E-state index >= 15 is 0 Å². The summed E-state index contributed by atoms with van der Waals surface area (Å²) in [5.41, 5.74) is 2.87. The van der Waals surface area contributed by atoms with Gasteiger partial charge >= 0.3 is 0 Å². The van der Waals surface area contributed by atoms with Crippen molar-refractivity contribution in [2.75, 3.05) is 26.3 Å². The predicted molar refractivity (Wildman–Crippen MR) is 93.4 cm³/mol. The minimum Gasteiger partial charge on any atom is -0.381 e. The summed E-state index contributed by atoms with van der Waals surface area (Å²) in [6.45, 7) is 4.11. The van der Waals surface area contributed by atoms with Crippen molar-refractivity contribution in [3.63, 3.8) is 0 Å².